The van der Waals surface area contributed by atoms with E-state index in [4.69, 9.17) is 13.9 Å². The van der Waals surface area contributed by atoms with Crippen LogP contribution in [-0.2, 0) is 11.2 Å². The first-order chi connectivity index (χ1) is 12.0. The summed E-state index contributed by atoms with van der Waals surface area (Å²) in [7, 11) is 0. The van der Waals surface area contributed by atoms with Crippen molar-refractivity contribution in [1.82, 2.24) is 0 Å². The van der Waals surface area contributed by atoms with Crippen molar-refractivity contribution in [2.75, 3.05) is 13.2 Å². The second-order valence-corrected chi connectivity index (χ2v) is 6.15. The molecule has 0 saturated carbocycles. The van der Waals surface area contributed by atoms with E-state index < -0.39 is 5.97 Å². The molecule has 5 nitrogen and oxygen atoms in total. The fraction of sp³-hybridized carbons (Fsp3) is 0.400. The molecule has 25 heavy (non-hydrogen) atoms. The Labute approximate surface area is 147 Å². The summed E-state index contributed by atoms with van der Waals surface area (Å²) in [6, 6.07) is 4.75. The maximum Gasteiger partial charge on any atom is 0.374 e. The van der Waals surface area contributed by atoms with E-state index in [1.165, 1.54) is 0 Å². The third-order valence-corrected chi connectivity index (χ3v) is 3.72. The van der Waals surface area contributed by atoms with E-state index in [1.807, 2.05) is 6.07 Å². The van der Waals surface area contributed by atoms with Crippen molar-refractivity contribution in [3.63, 3.8) is 0 Å². The van der Waals surface area contributed by atoms with E-state index in [1.54, 1.807) is 19.1 Å². The highest BCUT2D eigenvalue weighted by Gasteiger charge is 2.18. The molecular formula is C20H24O5. The van der Waals surface area contributed by atoms with Gasteiger partial charge in [-0.25, -0.2) is 4.79 Å². The number of benzene rings is 1. The number of esters is 1. The first-order valence-corrected chi connectivity index (χ1v) is 8.48. The van der Waals surface area contributed by atoms with Gasteiger partial charge in [0.1, 0.15) is 16.7 Å². The van der Waals surface area contributed by atoms with Gasteiger partial charge >= 0.3 is 5.97 Å². The molecule has 134 valence electrons. The number of carbonyl (C=O) groups is 1. The molecular weight excluding hydrogens is 320 g/mol. The highest BCUT2D eigenvalue weighted by molar-refractivity contribution is 5.91. The number of hydrogen-bond acceptors (Lipinski definition) is 5. The Kier molecular flexibility index (Phi) is 6.39. The van der Waals surface area contributed by atoms with Crippen LogP contribution in [0.1, 0.15) is 43.3 Å². The minimum atomic E-state index is -0.655. The molecule has 1 heterocycles. The van der Waals surface area contributed by atoms with Crippen molar-refractivity contribution < 1.29 is 18.7 Å². The normalized spacial score (nSPS) is 10.9. The summed E-state index contributed by atoms with van der Waals surface area (Å²) in [5.41, 5.74) is 0.789. The van der Waals surface area contributed by atoms with Crippen LogP contribution >= 0.6 is 0 Å². The minimum Gasteiger partial charge on any atom is -0.493 e. The first kappa shape index (κ1) is 18.8. The Morgan fingerprint density at radius 3 is 2.76 bits per heavy atom. The molecule has 0 amide bonds. The van der Waals surface area contributed by atoms with Gasteiger partial charge in [-0.3, -0.25) is 4.79 Å². The molecule has 0 bridgehead atoms. The van der Waals surface area contributed by atoms with E-state index >= 15 is 0 Å². The number of rotatable bonds is 8. The van der Waals surface area contributed by atoms with Crippen LogP contribution in [0, 0.1) is 5.92 Å². The zero-order valence-electron chi connectivity index (χ0n) is 15.0. The Balaban J connectivity index is 2.55. The molecule has 1 aromatic carbocycles. The second-order valence-electron chi connectivity index (χ2n) is 6.15. The average molecular weight is 344 g/mol. The summed E-state index contributed by atoms with van der Waals surface area (Å²) in [5, 5.41) is 0.344. The quantitative estimate of drug-likeness (QED) is 0.532. The Bertz CT molecular complexity index is 817. The lowest BCUT2D eigenvalue weighted by Crippen LogP contribution is -2.12. The van der Waals surface area contributed by atoms with E-state index in [0.717, 1.165) is 18.1 Å². The minimum absolute atomic E-state index is 0.107. The van der Waals surface area contributed by atoms with E-state index in [2.05, 4.69) is 20.4 Å². The molecule has 5 heteroatoms. The monoisotopic (exact) mass is 344 g/mol. The van der Waals surface area contributed by atoms with Crippen molar-refractivity contribution in [1.29, 1.82) is 0 Å². The Morgan fingerprint density at radius 1 is 1.36 bits per heavy atom. The fourth-order valence-corrected chi connectivity index (χ4v) is 2.43. The summed E-state index contributed by atoms with van der Waals surface area (Å²) in [6.45, 7) is 10.3. The van der Waals surface area contributed by atoms with Gasteiger partial charge in [-0.15, -0.1) is 6.58 Å². The van der Waals surface area contributed by atoms with Gasteiger partial charge in [0.25, 0.3) is 0 Å². The highest BCUT2D eigenvalue weighted by Crippen LogP contribution is 2.28. The second kappa shape index (κ2) is 8.51. The number of hydrogen-bond donors (Lipinski definition) is 0. The van der Waals surface area contributed by atoms with Crippen molar-refractivity contribution in [2.45, 2.75) is 33.6 Å². The average Bonchev–Trinajstić information content (AvgIpc) is 2.56. The maximum atomic E-state index is 12.6. The predicted octanol–water partition coefficient (Wildman–Crippen LogP) is 4.12. The largest absolute Gasteiger partial charge is 0.493 e. The van der Waals surface area contributed by atoms with Gasteiger partial charge in [-0.1, -0.05) is 26.0 Å². The van der Waals surface area contributed by atoms with E-state index in [0.29, 0.717) is 35.7 Å². The third kappa shape index (κ3) is 4.50. The summed E-state index contributed by atoms with van der Waals surface area (Å²) in [4.78, 5) is 24.5. The predicted molar refractivity (Wildman–Crippen MR) is 97.3 cm³/mol. The molecule has 0 unspecified atom stereocenters. The Hall–Kier alpha value is -2.56. The lowest BCUT2D eigenvalue weighted by molar-refractivity contribution is 0.0490. The zero-order valence-corrected chi connectivity index (χ0v) is 15.0. The molecule has 0 saturated heterocycles. The van der Waals surface area contributed by atoms with Crippen molar-refractivity contribution in [3.05, 3.63) is 52.4 Å². The van der Waals surface area contributed by atoms with Crippen molar-refractivity contribution in [3.8, 4) is 5.75 Å². The van der Waals surface area contributed by atoms with Crippen LogP contribution in [0.5, 0.6) is 5.75 Å². The van der Waals surface area contributed by atoms with Gasteiger partial charge in [0.2, 0.25) is 5.76 Å². The number of ether oxygens (including phenoxy) is 2. The number of fused-ring (bicyclic) bond motifs is 1. The van der Waals surface area contributed by atoms with Gasteiger partial charge in [-0.05, 0) is 37.3 Å². The lowest BCUT2D eigenvalue weighted by atomic mass is 10.1. The molecule has 0 aliphatic heterocycles. The molecule has 1 aromatic heterocycles. The van der Waals surface area contributed by atoms with Crippen LogP contribution in [-0.4, -0.2) is 19.2 Å². The summed E-state index contributed by atoms with van der Waals surface area (Å²) in [6.07, 6.45) is 3.10. The lowest BCUT2D eigenvalue weighted by Gasteiger charge is -2.12. The first-order valence-electron chi connectivity index (χ1n) is 8.48. The molecule has 0 aliphatic rings. The molecule has 0 N–H and O–H groups in total. The molecule has 0 fully saturated rings. The van der Waals surface area contributed by atoms with E-state index in [9.17, 15) is 9.59 Å². The molecule has 0 aliphatic carbocycles. The van der Waals surface area contributed by atoms with Gasteiger partial charge < -0.3 is 13.9 Å². The summed E-state index contributed by atoms with van der Waals surface area (Å²) < 4.78 is 16.4. The zero-order chi connectivity index (χ0) is 18.4. The molecule has 0 spiro atoms. The molecule has 0 radical (unpaired) electrons. The van der Waals surface area contributed by atoms with Crippen LogP contribution in [0.25, 0.3) is 11.0 Å². The topological polar surface area (TPSA) is 65.7 Å². The molecule has 2 aromatic rings. The third-order valence-electron chi connectivity index (χ3n) is 3.72. The van der Waals surface area contributed by atoms with Crippen LogP contribution < -0.4 is 10.2 Å². The van der Waals surface area contributed by atoms with E-state index in [-0.39, 0.29) is 17.8 Å². The number of allylic oxidation sites excluding steroid dienone is 1. The molecule has 0 atom stereocenters. The van der Waals surface area contributed by atoms with Gasteiger partial charge in [-0.2, -0.15) is 0 Å². The van der Waals surface area contributed by atoms with Crippen LogP contribution in [0.4, 0.5) is 0 Å². The summed E-state index contributed by atoms with van der Waals surface area (Å²) in [5.74, 6) is 0.201. The van der Waals surface area contributed by atoms with Crippen LogP contribution in [0.2, 0.25) is 0 Å². The van der Waals surface area contributed by atoms with Gasteiger partial charge in [0.15, 0.2) is 5.43 Å². The summed E-state index contributed by atoms with van der Waals surface area (Å²) >= 11 is 0. The van der Waals surface area contributed by atoms with Crippen LogP contribution in [0.3, 0.4) is 0 Å². The Morgan fingerprint density at radius 2 is 2.12 bits per heavy atom. The SMILES string of the molecule is C=CCc1ccc(OCCC(C)C)c2c(=O)cc(C(=O)OCC)oc12. The van der Waals surface area contributed by atoms with Gasteiger partial charge in [0.05, 0.1) is 13.2 Å². The van der Waals surface area contributed by atoms with Crippen molar-refractivity contribution >= 4 is 16.9 Å². The smallest absolute Gasteiger partial charge is 0.374 e. The van der Waals surface area contributed by atoms with Crippen LogP contribution in [0.15, 0.2) is 40.1 Å². The standard InChI is InChI=1S/C20H24O5/c1-5-7-14-8-9-16(24-11-10-13(3)4)18-15(21)12-17(25-19(14)18)20(22)23-6-2/h5,8-9,12-13H,1,6-7,10-11H2,2-4H3. The fourth-order valence-electron chi connectivity index (χ4n) is 2.43. The van der Waals surface area contributed by atoms with Gasteiger partial charge in [0, 0.05) is 6.07 Å². The van der Waals surface area contributed by atoms with Crippen molar-refractivity contribution in [2.24, 2.45) is 5.92 Å². The highest BCUT2D eigenvalue weighted by atomic mass is 16.5. The number of carbonyl (C=O) groups excluding carboxylic acids is 1. The molecule has 2 rings (SSSR count). The maximum absolute atomic E-state index is 12.6.